The number of piperidine rings is 1. The Balaban J connectivity index is 1.64. The Morgan fingerprint density at radius 2 is 1.79 bits per heavy atom. The Morgan fingerprint density at radius 3 is 2.50 bits per heavy atom. The molecule has 4 rings (SSSR count). The molecule has 1 aromatic carbocycles. The second kappa shape index (κ2) is 6.93. The lowest BCUT2D eigenvalue weighted by atomic mass is 10.00. The summed E-state index contributed by atoms with van der Waals surface area (Å²) in [6.45, 7) is 2.81. The standard InChI is InChI=1S/C19H26ClN3O/c20-15-5-3-4-14(12-15)18-13-22(16-6-1-2-7-16)19(24)23(18)17-8-10-21-11-9-17/h3-5,12,16-18,21H,1-2,6-11,13H2/t18-/m0/s1. The van der Waals surface area contributed by atoms with Gasteiger partial charge in [0.05, 0.1) is 6.04 Å². The van der Waals surface area contributed by atoms with E-state index in [4.69, 9.17) is 11.6 Å². The second-order valence-corrected chi connectivity index (χ2v) is 7.77. The van der Waals surface area contributed by atoms with Crippen molar-refractivity contribution in [2.45, 2.75) is 56.7 Å². The minimum Gasteiger partial charge on any atom is -0.319 e. The highest BCUT2D eigenvalue weighted by Gasteiger charge is 2.44. The molecule has 3 fully saturated rings. The molecule has 2 heterocycles. The van der Waals surface area contributed by atoms with E-state index >= 15 is 0 Å². The predicted molar refractivity (Wildman–Crippen MR) is 96.3 cm³/mol. The smallest absolute Gasteiger partial charge is 0.319 e. The lowest BCUT2D eigenvalue weighted by Gasteiger charge is -2.35. The number of halogens is 1. The summed E-state index contributed by atoms with van der Waals surface area (Å²) >= 11 is 6.23. The van der Waals surface area contributed by atoms with Crippen LogP contribution in [-0.4, -0.2) is 47.5 Å². The van der Waals surface area contributed by atoms with Crippen molar-refractivity contribution in [3.63, 3.8) is 0 Å². The summed E-state index contributed by atoms with van der Waals surface area (Å²) < 4.78 is 0. The Bertz CT molecular complexity index is 596. The number of nitrogens with one attached hydrogen (secondary N) is 1. The molecule has 1 atom stereocenters. The minimum atomic E-state index is 0.139. The zero-order valence-electron chi connectivity index (χ0n) is 14.1. The van der Waals surface area contributed by atoms with Crippen LogP contribution in [-0.2, 0) is 0 Å². The Labute approximate surface area is 149 Å². The highest BCUT2D eigenvalue weighted by atomic mass is 35.5. The van der Waals surface area contributed by atoms with E-state index in [1.165, 1.54) is 18.4 Å². The minimum absolute atomic E-state index is 0.139. The first-order valence-electron chi connectivity index (χ1n) is 9.29. The van der Waals surface area contributed by atoms with Gasteiger partial charge < -0.3 is 15.1 Å². The van der Waals surface area contributed by atoms with Gasteiger partial charge in [0.1, 0.15) is 0 Å². The third kappa shape index (κ3) is 3.02. The van der Waals surface area contributed by atoms with Crippen molar-refractivity contribution in [2.75, 3.05) is 19.6 Å². The highest BCUT2D eigenvalue weighted by molar-refractivity contribution is 6.30. The van der Waals surface area contributed by atoms with E-state index in [2.05, 4.69) is 21.2 Å². The topological polar surface area (TPSA) is 35.6 Å². The molecule has 0 bridgehead atoms. The summed E-state index contributed by atoms with van der Waals surface area (Å²) in [5, 5.41) is 4.16. The second-order valence-electron chi connectivity index (χ2n) is 7.33. The number of carbonyl (C=O) groups excluding carboxylic acids is 1. The van der Waals surface area contributed by atoms with E-state index < -0.39 is 0 Å². The maximum absolute atomic E-state index is 13.3. The maximum atomic E-state index is 13.3. The fourth-order valence-corrected chi connectivity index (χ4v) is 4.83. The van der Waals surface area contributed by atoms with E-state index in [0.717, 1.165) is 50.3 Å². The van der Waals surface area contributed by atoms with Crippen LogP contribution in [0.3, 0.4) is 0 Å². The van der Waals surface area contributed by atoms with Gasteiger partial charge in [-0.1, -0.05) is 36.6 Å². The first-order chi connectivity index (χ1) is 11.7. The van der Waals surface area contributed by atoms with Crippen molar-refractivity contribution < 1.29 is 4.79 Å². The molecule has 130 valence electrons. The number of carbonyl (C=O) groups is 1. The van der Waals surface area contributed by atoms with Gasteiger partial charge in [-0.05, 0) is 56.5 Å². The SMILES string of the molecule is O=C1N(C2CCCC2)C[C@@H](c2cccc(Cl)c2)N1C1CCNCC1. The van der Waals surface area contributed by atoms with Crippen LogP contribution in [0.4, 0.5) is 4.79 Å². The average Bonchev–Trinajstić information content (AvgIpc) is 3.23. The number of amides is 2. The number of hydrogen-bond donors (Lipinski definition) is 1. The average molecular weight is 348 g/mol. The van der Waals surface area contributed by atoms with Crippen LogP contribution in [0.5, 0.6) is 0 Å². The van der Waals surface area contributed by atoms with Gasteiger partial charge in [-0.3, -0.25) is 0 Å². The largest absolute Gasteiger partial charge is 0.321 e. The van der Waals surface area contributed by atoms with E-state index in [1.807, 2.05) is 18.2 Å². The monoisotopic (exact) mass is 347 g/mol. The van der Waals surface area contributed by atoms with Crippen molar-refractivity contribution >= 4 is 17.6 Å². The van der Waals surface area contributed by atoms with Gasteiger partial charge in [-0.25, -0.2) is 4.79 Å². The van der Waals surface area contributed by atoms with E-state index in [0.29, 0.717) is 12.1 Å². The summed E-state index contributed by atoms with van der Waals surface area (Å²) in [5.41, 5.74) is 1.18. The van der Waals surface area contributed by atoms with Crippen molar-refractivity contribution in [3.8, 4) is 0 Å². The number of hydrogen-bond acceptors (Lipinski definition) is 2. The first-order valence-corrected chi connectivity index (χ1v) is 9.67. The third-order valence-corrected chi connectivity index (χ3v) is 6.11. The van der Waals surface area contributed by atoms with E-state index in [1.54, 1.807) is 0 Å². The fourth-order valence-electron chi connectivity index (χ4n) is 4.63. The van der Waals surface area contributed by atoms with Crippen molar-refractivity contribution in [1.82, 2.24) is 15.1 Å². The molecule has 1 saturated carbocycles. The molecule has 2 amide bonds. The number of nitrogens with zero attached hydrogens (tertiary/aromatic N) is 2. The molecule has 5 heteroatoms. The molecule has 0 radical (unpaired) electrons. The summed E-state index contributed by atoms with van der Waals surface area (Å²) in [6, 6.07) is 9.23. The highest BCUT2D eigenvalue weighted by Crippen LogP contribution is 2.38. The zero-order valence-corrected chi connectivity index (χ0v) is 14.8. The van der Waals surface area contributed by atoms with Crippen LogP contribution in [0.1, 0.15) is 50.1 Å². The molecule has 1 N–H and O–H groups in total. The van der Waals surface area contributed by atoms with Gasteiger partial charge in [-0.2, -0.15) is 0 Å². The van der Waals surface area contributed by atoms with Gasteiger partial charge in [0.15, 0.2) is 0 Å². The molecule has 1 aromatic rings. The van der Waals surface area contributed by atoms with Gasteiger partial charge in [0.25, 0.3) is 0 Å². The Hall–Kier alpha value is -1.26. The van der Waals surface area contributed by atoms with Crippen LogP contribution in [0.15, 0.2) is 24.3 Å². The summed E-state index contributed by atoms with van der Waals surface area (Å²) in [7, 11) is 0. The number of rotatable bonds is 3. The third-order valence-electron chi connectivity index (χ3n) is 5.87. The van der Waals surface area contributed by atoms with Crippen LogP contribution in [0.25, 0.3) is 0 Å². The van der Waals surface area contributed by atoms with Crippen LogP contribution < -0.4 is 5.32 Å². The summed E-state index contributed by atoms with van der Waals surface area (Å²) in [5.74, 6) is 0. The molecule has 2 saturated heterocycles. The van der Waals surface area contributed by atoms with Gasteiger partial charge >= 0.3 is 6.03 Å². The summed E-state index contributed by atoms with van der Waals surface area (Å²) in [6.07, 6.45) is 6.91. The van der Waals surface area contributed by atoms with Crippen LogP contribution >= 0.6 is 11.6 Å². The molecule has 2 aliphatic heterocycles. The molecule has 24 heavy (non-hydrogen) atoms. The number of benzene rings is 1. The Kier molecular flexibility index (Phi) is 4.68. The predicted octanol–water partition coefficient (Wildman–Crippen LogP) is 3.81. The lowest BCUT2D eigenvalue weighted by Crippen LogP contribution is -2.47. The molecule has 0 aromatic heterocycles. The Morgan fingerprint density at radius 1 is 1.04 bits per heavy atom. The lowest BCUT2D eigenvalue weighted by molar-refractivity contribution is 0.144. The molecular weight excluding hydrogens is 322 g/mol. The van der Waals surface area contributed by atoms with Gasteiger partial charge in [0, 0.05) is 23.7 Å². The molecule has 4 nitrogen and oxygen atoms in total. The van der Waals surface area contributed by atoms with Crippen molar-refractivity contribution in [3.05, 3.63) is 34.9 Å². The van der Waals surface area contributed by atoms with E-state index in [9.17, 15) is 4.79 Å². The molecule has 3 aliphatic rings. The van der Waals surface area contributed by atoms with Gasteiger partial charge in [0.2, 0.25) is 0 Å². The summed E-state index contributed by atoms with van der Waals surface area (Å²) in [4.78, 5) is 17.6. The molecule has 0 spiro atoms. The normalized spacial score (nSPS) is 26.5. The zero-order chi connectivity index (χ0) is 16.5. The molecular formula is C19H26ClN3O. The molecule has 1 aliphatic carbocycles. The van der Waals surface area contributed by atoms with Crippen molar-refractivity contribution in [1.29, 1.82) is 0 Å². The maximum Gasteiger partial charge on any atom is 0.321 e. The fraction of sp³-hybridized carbons (Fsp3) is 0.632. The van der Waals surface area contributed by atoms with Crippen molar-refractivity contribution in [2.24, 2.45) is 0 Å². The molecule has 0 unspecified atom stereocenters. The quantitative estimate of drug-likeness (QED) is 0.902. The number of urea groups is 1. The van der Waals surface area contributed by atoms with Gasteiger partial charge in [-0.15, -0.1) is 0 Å². The van der Waals surface area contributed by atoms with Crippen LogP contribution in [0.2, 0.25) is 5.02 Å². The van der Waals surface area contributed by atoms with E-state index in [-0.39, 0.29) is 12.1 Å². The first kappa shape index (κ1) is 16.2. The van der Waals surface area contributed by atoms with Crippen LogP contribution in [0, 0.1) is 0 Å².